The van der Waals surface area contributed by atoms with Gasteiger partial charge in [0.05, 0.1) is 12.7 Å². The molecule has 224 valence electrons. The quantitative estimate of drug-likeness (QED) is 0.141. The molecule has 0 heterocycles. The molecule has 39 heavy (non-hydrogen) atoms. The van der Waals surface area contributed by atoms with Crippen LogP contribution in [0, 0.1) is 52.3 Å². The highest BCUT2D eigenvalue weighted by molar-refractivity contribution is 5.88. The number of carbonyl (C=O) groups excluding carboxylic acids is 1. The van der Waals surface area contributed by atoms with Crippen LogP contribution in [0.25, 0.3) is 0 Å². The fourth-order valence-electron chi connectivity index (χ4n) is 10.3. The molecule has 4 heteroatoms. The Hall–Kier alpha value is -0.870. The lowest BCUT2D eigenvalue weighted by Crippen LogP contribution is -2.54. The van der Waals surface area contributed by atoms with Crippen LogP contribution in [0.15, 0.2) is 12.2 Å². The molecule has 4 nitrogen and oxygen atoms in total. The predicted molar refractivity (Wildman–Crippen MR) is 161 cm³/mol. The molecule has 4 fully saturated rings. The van der Waals surface area contributed by atoms with Gasteiger partial charge in [0.15, 0.2) is 0 Å². The van der Waals surface area contributed by atoms with E-state index >= 15 is 0 Å². The molecule has 0 aromatic rings. The molecule has 0 amide bonds. The maximum atomic E-state index is 12.1. The van der Waals surface area contributed by atoms with Crippen LogP contribution in [-0.2, 0) is 14.3 Å². The van der Waals surface area contributed by atoms with Crippen molar-refractivity contribution in [2.75, 3.05) is 33.9 Å². The summed E-state index contributed by atoms with van der Waals surface area (Å²) in [4.78, 5) is 14.1. The molecule has 0 N–H and O–H groups in total. The van der Waals surface area contributed by atoms with Crippen molar-refractivity contribution in [2.45, 2.75) is 118 Å². The van der Waals surface area contributed by atoms with Gasteiger partial charge in [-0.25, -0.2) is 4.79 Å². The summed E-state index contributed by atoms with van der Waals surface area (Å²) in [6.07, 6.45) is 16.9. The number of hydrogen-bond donors (Lipinski definition) is 0. The summed E-state index contributed by atoms with van der Waals surface area (Å²) in [5.74, 6) is 5.98. The van der Waals surface area contributed by atoms with Crippen LogP contribution in [0.3, 0.4) is 0 Å². The molecule has 0 aromatic carbocycles. The summed E-state index contributed by atoms with van der Waals surface area (Å²) in [6, 6.07) is 0. The first kappa shape index (κ1) is 31.1. The molecule has 4 rings (SSSR count). The van der Waals surface area contributed by atoms with E-state index in [1.54, 1.807) is 0 Å². The zero-order valence-corrected chi connectivity index (χ0v) is 26.6. The lowest BCUT2D eigenvalue weighted by atomic mass is 9.44. The largest absolute Gasteiger partial charge is 0.460 e. The number of esters is 1. The van der Waals surface area contributed by atoms with Crippen LogP contribution in [0.4, 0.5) is 0 Å². The number of nitrogens with zero attached hydrogens (tertiary/aromatic N) is 1. The highest BCUT2D eigenvalue weighted by Gasteiger charge is 2.60. The molecule has 4 aliphatic rings. The summed E-state index contributed by atoms with van der Waals surface area (Å²) in [6.45, 7) is 17.9. The Morgan fingerprint density at radius 3 is 2.36 bits per heavy atom. The van der Waals surface area contributed by atoms with E-state index in [1.807, 2.05) is 19.0 Å². The van der Waals surface area contributed by atoms with E-state index in [2.05, 4.69) is 41.2 Å². The van der Waals surface area contributed by atoms with Crippen LogP contribution >= 0.6 is 0 Å². The van der Waals surface area contributed by atoms with Crippen LogP contribution in [0.1, 0.15) is 112 Å². The molecule has 9 atom stereocenters. The van der Waals surface area contributed by atoms with Crippen LogP contribution < -0.4 is 0 Å². The Morgan fingerprint density at radius 1 is 0.923 bits per heavy atom. The van der Waals surface area contributed by atoms with Crippen molar-refractivity contribution >= 4 is 5.97 Å². The minimum Gasteiger partial charge on any atom is -0.460 e. The van der Waals surface area contributed by atoms with Gasteiger partial charge in [0.1, 0.15) is 6.61 Å². The maximum absolute atomic E-state index is 12.1. The van der Waals surface area contributed by atoms with E-state index in [1.165, 1.54) is 70.6 Å². The Morgan fingerprint density at radius 2 is 1.64 bits per heavy atom. The van der Waals surface area contributed by atoms with E-state index in [4.69, 9.17) is 9.47 Å². The van der Waals surface area contributed by atoms with Gasteiger partial charge >= 0.3 is 5.97 Å². The minimum absolute atomic E-state index is 0.301. The SMILES string of the molecule is C=C(CN(C)C)C(=O)OCCO[C@H]1CC[C@@]2(C)C(CC[C@@H]3C2CC[C@@]2(C)C3CC[C@@H]2[C@H](C)CCCC(C)C)C1. The van der Waals surface area contributed by atoms with Crippen LogP contribution in [0.5, 0.6) is 0 Å². The van der Waals surface area contributed by atoms with Gasteiger partial charge in [-0.1, -0.05) is 60.5 Å². The summed E-state index contributed by atoms with van der Waals surface area (Å²) in [5.41, 5.74) is 1.57. The van der Waals surface area contributed by atoms with Crippen molar-refractivity contribution < 1.29 is 14.3 Å². The van der Waals surface area contributed by atoms with Crippen molar-refractivity contribution in [3.05, 3.63) is 12.2 Å². The molecule has 0 radical (unpaired) electrons. The smallest absolute Gasteiger partial charge is 0.334 e. The fourth-order valence-corrected chi connectivity index (χ4v) is 10.3. The van der Waals surface area contributed by atoms with Gasteiger partial charge in [-0.3, -0.25) is 0 Å². The lowest BCUT2D eigenvalue weighted by molar-refractivity contribution is -0.147. The number of carbonyl (C=O) groups is 1. The van der Waals surface area contributed by atoms with Crippen molar-refractivity contribution in [1.29, 1.82) is 0 Å². The predicted octanol–water partition coefficient (Wildman–Crippen LogP) is 8.15. The molecular weight excluding hydrogens is 482 g/mol. The lowest BCUT2D eigenvalue weighted by Gasteiger charge is -2.61. The molecule has 0 aliphatic heterocycles. The maximum Gasteiger partial charge on any atom is 0.334 e. The Bertz CT molecular complexity index is 838. The number of ether oxygens (including phenoxy) is 2. The van der Waals surface area contributed by atoms with Gasteiger partial charge < -0.3 is 14.4 Å². The van der Waals surface area contributed by atoms with Gasteiger partial charge in [0, 0.05) is 12.1 Å². The van der Waals surface area contributed by atoms with Gasteiger partial charge in [0.25, 0.3) is 0 Å². The summed E-state index contributed by atoms with van der Waals surface area (Å²) in [7, 11) is 3.86. The fraction of sp³-hybridized carbons (Fsp3) is 0.914. The van der Waals surface area contributed by atoms with E-state index < -0.39 is 0 Å². The van der Waals surface area contributed by atoms with Gasteiger partial charge in [0.2, 0.25) is 0 Å². The van der Waals surface area contributed by atoms with Crippen molar-refractivity contribution in [3.8, 4) is 0 Å². The number of likely N-dealkylation sites (N-methyl/N-ethyl adjacent to an activating group) is 1. The first-order chi connectivity index (χ1) is 18.5. The topological polar surface area (TPSA) is 38.8 Å². The molecule has 0 aromatic heterocycles. The Kier molecular flexibility index (Phi) is 10.3. The molecule has 4 saturated carbocycles. The first-order valence-electron chi connectivity index (χ1n) is 16.6. The number of rotatable bonds is 12. The van der Waals surface area contributed by atoms with Crippen LogP contribution in [-0.4, -0.2) is 50.8 Å². The highest BCUT2D eigenvalue weighted by atomic mass is 16.6. The summed E-state index contributed by atoms with van der Waals surface area (Å²) in [5, 5.41) is 0. The molecular formula is C35H61NO3. The van der Waals surface area contributed by atoms with Crippen molar-refractivity contribution in [3.63, 3.8) is 0 Å². The van der Waals surface area contributed by atoms with Crippen molar-refractivity contribution in [2.24, 2.45) is 52.3 Å². The summed E-state index contributed by atoms with van der Waals surface area (Å²) < 4.78 is 11.7. The van der Waals surface area contributed by atoms with Crippen LogP contribution in [0.2, 0.25) is 0 Å². The monoisotopic (exact) mass is 543 g/mol. The van der Waals surface area contributed by atoms with Gasteiger partial charge in [-0.05, 0) is 124 Å². The van der Waals surface area contributed by atoms with E-state index in [9.17, 15) is 4.79 Å². The van der Waals surface area contributed by atoms with Gasteiger partial charge in [-0.15, -0.1) is 0 Å². The second-order valence-electron chi connectivity index (χ2n) is 15.4. The normalized spacial score (nSPS) is 38.7. The first-order valence-corrected chi connectivity index (χ1v) is 16.6. The Labute approximate surface area is 241 Å². The number of hydrogen-bond acceptors (Lipinski definition) is 4. The third-order valence-corrected chi connectivity index (χ3v) is 12.3. The number of fused-ring (bicyclic) bond motifs is 5. The zero-order valence-electron chi connectivity index (χ0n) is 26.6. The van der Waals surface area contributed by atoms with E-state index in [0.717, 1.165) is 47.8 Å². The second-order valence-corrected chi connectivity index (χ2v) is 15.4. The average molecular weight is 544 g/mol. The molecule has 3 unspecified atom stereocenters. The van der Waals surface area contributed by atoms with Crippen molar-refractivity contribution in [1.82, 2.24) is 4.90 Å². The zero-order chi connectivity index (χ0) is 28.4. The molecule has 0 spiro atoms. The van der Waals surface area contributed by atoms with E-state index in [-0.39, 0.29) is 5.97 Å². The van der Waals surface area contributed by atoms with E-state index in [0.29, 0.717) is 42.3 Å². The highest BCUT2D eigenvalue weighted by Crippen LogP contribution is 2.68. The standard InChI is InChI=1S/C35H61NO3/c1-24(2)10-9-11-25(3)30-14-15-31-29-13-12-27-22-28(38-20-21-39-33(37)26(4)23-36(7)8)16-18-34(27,5)32(29)17-19-35(30,31)6/h24-25,27-32H,4,9-23H2,1-3,5-8H3/t25-,27?,28+,29+,30-,31?,32?,34+,35-/m1/s1. The third kappa shape index (κ3) is 6.79. The minimum atomic E-state index is -0.301. The molecule has 4 aliphatic carbocycles. The molecule has 0 bridgehead atoms. The summed E-state index contributed by atoms with van der Waals surface area (Å²) >= 11 is 0. The third-order valence-electron chi connectivity index (χ3n) is 12.3. The average Bonchev–Trinajstić information content (AvgIpc) is 3.23. The van der Waals surface area contributed by atoms with Gasteiger partial charge in [-0.2, -0.15) is 0 Å². The Balaban J connectivity index is 1.27. The molecule has 0 saturated heterocycles. The second kappa shape index (κ2) is 13.0.